The van der Waals surface area contributed by atoms with E-state index in [9.17, 15) is 18.0 Å². The Hall–Kier alpha value is -4.53. The Morgan fingerprint density at radius 2 is 1.83 bits per heavy atom. The van der Waals surface area contributed by atoms with Crippen LogP contribution in [0.5, 0.6) is 0 Å². The van der Waals surface area contributed by atoms with E-state index >= 15 is 0 Å². The van der Waals surface area contributed by atoms with Crippen LogP contribution in [0.15, 0.2) is 61.2 Å². The molecule has 1 saturated heterocycles. The van der Waals surface area contributed by atoms with Crippen LogP contribution in [0, 0.1) is 11.8 Å². The fourth-order valence-electron chi connectivity index (χ4n) is 4.47. The molecule has 3 aromatic heterocycles. The lowest BCUT2D eigenvalue weighted by molar-refractivity contribution is -0.138. The first-order valence-electron chi connectivity index (χ1n) is 12.6. The van der Waals surface area contributed by atoms with Crippen molar-refractivity contribution in [1.82, 2.24) is 24.8 Å². The number of carbonyl (C=O) groups is 1. The summed E-state index contributed by atoms with van der Waals surface area (Å²) >= 11 is 0. The van der Waals surface area contributed by atoms with Crippen LogP contribution in [0.4, 0.5) is 24.7 Å². The molecule has 1 aliphatic heterocycles. The molecule has 0 saturated carbocycles. The molecule has 0 unspecified atom stereocenters. The number of amides is 1. The van der Waals surface area contributed by atoms with Gasteiger partial charge in [-0.2, -0.15) is 13.2 Å². The van der Waals surface area contributed by atoms with Crippen molar-refractivity contribution >= 4 is 28.3 Å². The number of rotatable bonds is 4. The van der Waals surface area contributed by atoms with Gasteiger partial charge in [-0.05, 0) is 42.9 Å². The maximum atomic E-state index is 13.9. The summed E-state index contributed by atoms with van der Waals surface area (Å²) in [6.45, 7) is 3.19. The quantitative estimate of drug-likeness (QED) is 0.350. The molecule has 8 nitrogen and oxygen atoms in total. The molecule has 4 aromatic rings. The van der Waals surface area contributed by atoms with E-state index in [2.05, 4.69) is 37.0 Å². The molecule has 11 heteroatoms. The summed E-state index contributed by atoms with van der Waals surface area (Å²) in [7, 11) is 1.99. The zero-order valence-electron chi connectivity index (χ0n) is 21.7. The Labute approximate surface area is 236 Å². The molecule has 0 bridgehead atoms. The highest BCUT2D eigenvalue weighted by molar-refractivity contribution is 6.04. The number of pyridine rings is 3. The van der Waals surface area contributed by atoms with Gasteiger partial charge in [0.25, 0.3) is 5.91 Å². The molecule has 1 aromatic carbocycles. The van der Waals surface area contributed by atoms with Crippen LogP contribution in [0.2, 0.25) is 0 Å². The van der Waals surface area contributed by atoms with E-state index in [4.69, 9.17) is 5.73 Å². The number of hydrogen-bond donors (Lipinski definition) is 2. The summed E-state index contributed by atoms with van der Waals surface area (Å²) in [5, 5.41) is 3.30. The van der Waals surface area contributed by atoms with E-state index in [0.29, 0.717) is 35.6 Å². The Balaban J connectivity index is 0.00000387. The Kier molecular flexibility index (Phi) is 8.86. The van der Waals surface area contributed by atoms with Crippen molar-refractivity contribution in [2.24, 2.45) is 0 Å². The van der Waals surface area contributed by atoms with Gasteiger partial charge in [0.1, 0.15) is 11.3 Å². The predicted octanol–water partition coefficient (Wildman–Crippen LogP) is 4.66. The van der Waals surface area contributed by atoms with E-state index in [1.807, 2.05) is 18.0 Å². The molecule has 0 aliphatic carbocycles. The lowest BCUT2D eigenvalue weighted by Gasteiger charge is -2.33. The number of carbonyl (C=O) groups excluding carboxylic acids is 1. The first-order chi connectivity index (χ1) is 19.2. The summed E-state index contributed by atoms with van der Waals surface area (Å²) in [5.41, 5.74) is 7.09. The van der Waals surface area contributed by atoms with E-state index in [0.717, 1.165) is 24.5 Å². The van der Waals surface area contributed by atoms with Gasteiger partial charge < -0.3 is 16.0 Å². The van der Waals surface area contributed by atoms with Gasteiger partial charge in [-0.1, -0.05) is 25.3 Å². The van der Waals surface area contributed by atoms with E-state index in [-0.39, 0.29) is 30.8 Å². The van der Waals surface area contributed by atoms with Gasteiger partial charge in [0, 0.05) is 74.1 Å². The first-order valence-corrected chi connectivity index (χ1v) is 12.6. The molecule has 0 radical (unpaired) electrons. The minimum absolute atomic E-state index is 0. The SMILES string of the molecule is C.CN1CCN(Cc2ccc(NC(=O)c3cncc(C#Cc4cnc(N)c5ncccc45)c3)cc2C(F)(F)F)CC1. The monoisotopic (exact) mass is 561 g/mol. The minimum Gasteiger partial charge on any atom is -0.382 e. The van der Waals surface area contributed by atoms with Gasteiger partial charge in [0.15, 0.2) is 0 Å². The van der Waals surface area contributed by atoms with E-state index < -0.39 is 17.6 Å². The van der Waals surface area contributed by atoms with Crippen molar-refractivity contribution < 1.29 is 18.0 Å². The Morgan fingerprint density at radius 3 is 2.59 bits per heavy atom. The highest BCUT2D eigenvalue weighted by atomic mass is 19.4. The van der Waals surface area contributed by atoms with Crippen LogP contribution >= 0.6 is 0 Å². The molecule has 4 heterocycles. The molecule has 1 amide bonds. The van der Waals surface area contributed by atoms with Crippen molar-refractivity contribution in [3.8, 4) is 11.8 Å². The first kappa shape index (κ1) is 29.5. The van der Waals surface area contributed by atoms with Gasteiger partial charge in [0.05, 0.1) is 16.7 Å². The van der Waals surface area contributed by atoms with Crippen molar-refractivity contribution in [1.29, 1.82) is 0 Å². The second-order valence-electron chi connectivity index (χ2n) is 9.57. The Bertz CT molecular complexity index is 1620. The normalized spacial score (nSPS) is 14.1. The lowest BCUT2D eigenvalue weighted by atomic mass is 10.0. The molecule has 0 spiro atoms. The molecular weight excluding hydrogens is 531 g/mol. The number of alkyl halides is 3. The number of benzene rings is 1. The van der Waals surface area contributed by atoms with Crippen LogP contribution in [0.25, 0.3) is 10.9 Å². The standard InChI is InChI=1S/C29H26F3N7O.CH4/c1-38-9-11-39(12-10-38)18-21-6-7-23(14-25(21)29(30,31)32)37-28(40)22-13-19(15-34-16-22)4-5-20-17-36-27(33)26-24(20)3-2-8-35-26;/h2-3,6-8,13-17H,9-12,18H2,1H3,(H2,33,36)(H,37,40);1H4. The average molecular weight is 562 g/mol. The van der Waals surface area contributed by atoms with Crippen LogP contribution in [0.3, 0.4) is 0 Å². The average Bonchev–Trinajstić information content (AvgIpc) is 2.94. The number of nitrogens with one attached hydrogen (secondary N) is 1. The number of hydrogen-bond acceptors (Lipinski definition) is 7. The second-order valence-corrected chi connectivity index (χ2v) is 9.57. The number of anilines is 2. The zero-order valence-corrected chi connectivity index (χ0v) is 21.7. The van der Waals surface area contributed by atoms with Crippen molar-refractivity contribution in [3.05, 3.63) is 89.0 Å². The summed E-state index contributed by atoms with van der Waals surface area (Å²) in [6.07, 6.45) is 1.42. The Morgan fingerprint density at radius 1 is 1.05 bits per heavy atom. The fraction of sp³-hybridized carbons (Fsp3) is 0.267. The molecule has 1 fully saturated rings. The van der Waals surface area contributed by atoms with Gasteiger partial charge in [-0.3, -0.25) is 19.7 Å². The van der Waals surface area contributed by atoms with Crippen molar-refractivity contribution in [3.63, 3.8) is 0 Å². The van der Waals surface area contributed by atoms with E-state index in [1.54, 1.807) is 18.5 Å². The lowest BCUT2D eigenvalue weighted by Crippen LogP contribution is -2.44. The molecule has 212 valence electrons. The third kappa shape index (κ3) is 6.98. The highest BCUT2D eigenvalue weighted by Gasteiger charge is 2.34. The second kappa shape index (κ2) is 12.3. The predicted molar refractivity (Wildman–Crippen MR) is 153 cm³/mol. The number of fused-ring (bicyclic) bond motifs is 1. The van der Waals surface area contributed by atoms with Crippen LogP contribution in [0.1, 0.15) is 40.0 Å². The summed E-state index contributed by atoms with van der Waals surface area (Å²) in [5.74, 6) is 5.65. The number of halogens is 3. The number of piperazine rings is 1. The van der Waals surface area contributed by atoms with E-state index in [1.165, 1.54) is 30.6 Å². The maximum Gasteiger partial charge on any atom is 0.416 e. The molecule has 3 N–H and O–H groups in total. The smallest absolute Gasteiger partial charge is 0.382 e. The number of likely N-dealkylation sites (N-methyl/N-ethyl adjacent to an activating group) is 1. The largest absolute Gasteiger partial charge is 0.416 e. The number of aromatic nitrogens is 3. The molecule has 1 aliphatic rings. The summed E-state index contributed by atoms with van der Waals surface area (Å²) in [6, 6.07) is 9.01. The summed E-state index contributed by atoms with van der Waals surface area (Å²) < 4.78 is 41.8. The van der Waals surface area contributed by atoms with Gasteiger partial charge >= 0.3 is 6.18 Å². The number of nitrogens with two attached hydrogens (primary N) is 1. The van der Waals surface area contributed by atoms with Gasteiger partial charge in [0.2, 0.25) is 0 Å². The van der Waals surface area contributed by atoms with Crippen molar-refractivity contribution in [2.75, 3.05) is 44.3 Å². The third-order valence-corrected chi connectivity index (χ3v) is 6.68. The van der Waals surface area contributed by atoms with Gasteiger partial charge in [-0.15, -0.1) is 0 Å². The fourth-order valence-corrected chi connectivity index (χ4v) is 4.47. The summed E-state index contributed by atoms with van der Waals surface area (Å²) in [4.78, 5) is 29.5. The molecular formula is C30H30F3N7O. The topological polar surface area (TPSA) is 100 Å². The number of nitrogens with zero attached hydrogens (tertiary/aromatic N) is 5. The van der Waals surface area contributed by atoms with Crippen molar-refractivity contribution in [2.45, 2.75) is 20.1 Å². The molecule has 5 rings (SSSR count). The third-order valence-electron chi connectivity index (χ3n) is 6.68. The zero-order chi connectivity index (χ0) is 28.3. The molecule has 0 atom stereocenters. The highest BCUT2D eigenvalue weighted by Crippen LogP contribution is 2.34. The van der Waals surface area contributed by atoms with Crippen LogP contribution in [-0.2, 0) is 12.7 Å². The van der Waals surface area contributed by atoms with Gasteiger partial charge in [-0.25, -0.2) is 4.98 Å². The maximum absolute atomic E-state index is 13.9. The number of nitrogen functional groups attached to an aromatic ring is 1. The van der Waals surface area contributed by atoms with Crippen LogP contribution in [-0.4, -0.2) is 63.9 Å². The molecule has 41 heavy (non-hydrogen) atoms. The van der Waals surface area contributed by atoms with Crippen LogP contribution < -0.4 is 11.1 Å². The minimum atomic E-state index is -4.56.